The van der Waals surface area contributed by atoms with E-state index in [4.69, 9.17) is 0 Å². The molecule has 144 valence electrons. The van der Waals surface area contributed by atoms with Gasteiger partial charge in [-0.05, 0) is 13.8 Å². The summed E-state index contributed by atoms with van der Waals surface area (Å²) in [7, 11) is 0. The Labute approximate surface area is 162 Å². The molecule has 0 atom stereocenters. The molecule has 1 amide bonds. The minimum absolute atomic E-state index is 0.0136. The Hall–Kier alpha value is -2.55. The van der Waals surface area contributed by atoms with Crippen molar-refractivity contribution in [1.82, 2.24) is 14.9 Å². The van der Waals surface area contributed by atoms with Crippen molar-refractivity contribution in [3.8, 4) is 0 Å². The second-order valence-electron chi connectivity index (χ2n) is 6.97. The molecule has 1 aliphatic heterocycles. The first-order chi connectivity index (χ1) is 12.8. The van der Waals surface area contributed by atoms with Crippen molar-refractivity contribution in [1.29, 1.82) is 0 Å². The lowest BCUT2D eigenvalue weighted by molar-refractivity contribution is -0.385. The van der Waals surface area contributed by atoms with Crippen LogP contribution in [0, 0.1) is 24.0 Å². The van der Waals surface area contributed by atoms with Crippen LogP contribution >= 0.6 is 11.3 Å². The first kappa shape index (κ1) is 19.2. The van der Waals surface area contributed by atoms with E-state index in [1.807, 2.05) is 13.0 Å². The standard InChI is InChI=1S/C18H23N5O3S/c1-11(2)17-19-12(3)9-16(20-17)21-5-7-22(8-6-21)18(24)15-10-14(23(25)26)13(4)27-15/h9-11H,5-8H2,1-4H3. The maximum atomic E-state index is 12.7. The predicted octanol–water partition coefficient (Wildman–Crippen LogP) is 3.15. The highest BCUT2D eigenvalue weighted by Crippen LogP contribution is 2.29. The van der Waals surface area contributed by atoms with Crippen LogP contribution in [-0.4, -0.2) is 51.9 Å². The zero-order valence-electron chi connectivity index (χ0n) is 15.9. The van der Waals surface area contributed by atoms with Crippen molar-refractivity contribution in [2.24, 2.45) is 0 Å². The summed E-state index contributed by atoms with van der Waals surface area (Å²) in [5, 5.41) is 11.0. The maximum absolute atomic E-state index is 12.7. The van der Waals surface area contributed by atoms with Crippen LogP contribution in [0.5, 0.6) is 0 Å². The number of anilines is 1. The first-order valence-electron chi connectivity index (χ1n) is 8.91. The highest BCUT2D eigenvalue weighted by molar-refractivity contribution is 7.14. The van der Waals surface area contributed by atoms with Crippen molar-refractivity contribution in [3.05, 3.63) is 43.5 Å². The van der Waals surface area contributed by atoms with Crippen LogP contribution in [-0.2, 0) is 0 Å². The summed E-state index contributed by atoms with van der Waals surface area (Å²) in [5.74, 6) is 1.83. The Morgan fingerprint density at radius 1 is 1.19 bits per heavy atom. The van der Waals surface area contributed by atoms with Gasteiger partial charge < -0.3 is 9.80 Å². The van der Waals surface area contributed by atoms with Crippen LogP contribution < -0.4 is 4.90 Å². The van der Waals surface area contributed by atoms with E-state index >= 15 is 0 Å². The molecule has 0 N–H and O–H groups in total. The monoisotopic (exact) mass is 389 g/mol. The highest BCUT2D eigenvalue weighted by atomic mass is 32.1. The fraction of sp³-hybridized carbons (Fsp3) is 0.500. The number of rotatable bonds is 4. The Morgan fingerprint density at radius 3 is 2.41 bits per heavy atom. The fourth-order valence-corrected chi connectivity index (χ4v) is 4.00. The molecule has 2 aromatic rings. The molecule has 0 spiro atoms. The number of aromatic nitrogens is 2. The molecule has 0 aromatic carbocycles. The molecule has 1 aliphatic rings. The van der Waals surface area contributed by atoms with Crippen LogP contribution in [0.2, 0.25) is 0 Å². The third-order valence-corrected chi connectivity index (χ3v) is 5.59. The molecule has 3 rings (SSSR count). The SMILES string of the molecule is Cc1cc(N2CCN(C(=O)c3cc([N+](=O)[O-])c(C)s3)CC2)nc(C(C)C)n1. The quantitative estimate of drug-likeness (QED) is 0.589. The number of piperazine rings is 1. The predicted molar refractivity (Wildman–Crippen MR) is 105 cm³/mol. The molecular formula is C18H23N5O3S. The highest BCUT2D eigenvalue weighted by Gasteiger charge is 2.27. The van der Waals surface area contributed by atoms with Crippen LogP contribution in [0.15, 0.2) is 12.1 Å². The molecule has 0 unspecified atom stereocenters. The van der Waals surface area contributed by atoms with Crippen molar-refractivity contribution in [3.63, 3.8) is 0 Å². The van der Waals surface area contributed by atoms with E-state index in [2.05, 4.69) is 28.7 Å². The average Bonchev–Trinajstić information content (AvgIpc) is 3.02. The Kier molecular flexibility index (Phi) is 5.41. The van der Waals surface area contributed by atoms with E-state index in [0.717, 1.165) is 17.3 Å². The van der Waals surface area contributed by atoms with Crippen molar-refractivity contribution in [2.75, 3.05) is 31.1 Å². The smallest absolute Gasteiger partial charge is 0.283 e. The molecule has 9 heteroatoms. The molecule has 0 bridgehead atoms. The lowest BCUT2D eigenvalue weighted by Crippen LogP contribution is -2.49. The van der Waals surface area contributed by atoms with Gasteiger partial charge >= 0.3 is 0 Å². The molecule has 3 heterocycles. The second kappa shape index (κ2) is 7.59. The van der Waals surface area contributed by atoms with Crippen molar-refractivity contribution in [2.45, 2.75) is 33.6 Å². The van der Waals surface area contributed by atoms with Gasteiger partial charge in [-0.2, -0.15) is 0 Å². The number of carbonyl (C=O) groups excluding carboxylic acids is 1. The average molecular weight is 389 g/mol. The summed E-state index contributed by atoms with van der Waals surface area (Å²) in [6.07, 6.45) is 0. The van der Waals surface area contributed by atoms with Gasteiger partial charge in [-0.15, -0.1) is 11.3 Å². The largest absolute Gasteiger partial charge is 0.353 e. The molecule has 0 radical (unpaired) electrons. The number of nitro groups is 1. The molecule has 8 nitrogen and oxygen atoms in total. The van der Waals surface area contributed by atoms with Gasteiger partial charge in [0.15, 0.2) is 0 Å². The second-order valence-corrected chi connectivity index (χ2v) is 8.23. The Morgan fingerprint density at radius 2 is 1.85 bits per heavy atom. The topological polar surface area (TPSA) is 92.5 Å². The van der Waals surface area contributed by atoms with E-state index < -0.39 is 4.92 Å². The summed E-state index contributed by atoms with van der Waals surface area (Å²) >= 11 is 1.18. The number of aryl methyl sites for hydroxylation is 2. The lowest BCUT2D eigenvalue weighted by atomic mass is 10.2. The number of amides is 1. The summed E-state index contributed by atoms with van der Waals surface area (Å²) in [6.45, 7) is 10.2. The number of carbonyl (C=O) groups is 1. The molecule has 1 saturated heterocycles. The van der Waals surface area contributed by atoms with Gasteiger partial charge in [-0.3, -0.25) is 14.9 Å². The zero-order chi connectivity index (χ0) is 19.7. The number of nitrogens with zero attached hydrogens (tertiary/aromatic N) is 5. The third-order valence-electron chi connectivity index (χ3n) is 4.56. The van der Waals surface area contributed by atoms with Gasteiger partial charge in [0.1, 0.15) is 11.6 Å². The van der Waals surface area contributed by atoms with Gasteiger partial charge in [0.25, 0.3) is 11.6 Å². The van der Waals surface area contributed by atoms with Crippen molar-refractivity contribution >= 4 is 28.7 Å². The van der Waals surface area contributed by atoms with E-state index in [-0.39, 0.29) is 17.5 Å². The summed E-state index contributed by atoms with van der Waals surface area (Å²) in [4.78, 5) is 37.3. The molecule has 0 aliphatic carbocycles. The normalized spacial score (nSPS) is 14.7. The van der Waals surface area contributed by atoms with Gasteiger partial charge in [0.05, 0.1) is 14.7 Å². The van der Waals surface area contributed by atoms with Crippen LogP contribution in [0.4, 0.5) is 11.5 Å². The van der Waals surface area contributed by atoms with Crippen LogP contribution in [0.1, 0.15) is 45.8 Å². The third kappa shape index (κ3) is 4.08. The molecule has 1 fully saturated rings. The number of hydrogen-bond donors (Lipinski definition) is 0. The zero-order valence-corrected chi connectivity index (χ0v) is 16.7. The van der Waals surface area contributed by atoms with Crippen LogP contribution in [0.25, 0.3) is 0 Å². The minimum atomic E-state index is -0.440. The first-order valence-corrected chi connectivity index (χ1v) is 9.72. The lowest BCUT2D eigenvalue weighted by Gasteiger charge is -2.35. The van der Waals surface area contributed by atoms with Gasteiger partial charge in [-0.25, -0.2) is 9.97 Å². The molecule has 27 heavy (non-hydrogen) atoms. The van der Waals surface area contributed by atoms with Gasteiger partial charge in [0, 0.05) is 49.9 Å². The van der Waals surface area contributed by atoms with E-state index in [1.165, 1.54) is 17.4 Å². The number of hydrogen-bond acceptors (Lipinski definition) is 7. The number of thiophene rings is 1. The van der Waals surface area contributed by atoms with Gasteiger partial charge in [-0.1, -0.05) is 13.8 Å². The van der Waals surface area contributed by atoms with Crippen LogP contribution in [0.3, 0.4) is 0 Å². The van der Waals surface area contributed by atoms with E-state index in [0.29, 0.717) is 35.9 Å². The summed E-state index contributed by atoms with van der Waals surface area (Å²) in [6, 6.07) is 3.35. The molecule has 0 saturated carbocycles. The fourth-order valence-electron chi connectivity index (χ4n) is 3.05. The minimum Gasteiger partial charge on any atom is -0.353 e. The summed E-state index contributed by atoms with van der Waals surface area (Å²) in [5.41, 5.74) is 0.947. The Bertz CT molecular complexity index is 872. The van der Waals surface area contributed by atoms with Crippen molar-refractivity contribution < 1.29 is 9.72 Å². The molecular weight excluding hydrogens is 366 g/mol. The van der Waals surface area contributed by atoms with E-state index in [1.54, 1.807) is 11.8 Å². The maximum Gasteiger partial charge on any atom is 0.283 e. The summed E-state index contributed by atoms with van der Waals surface area (Å²) < 4.78 is 0. The Balaban J connectivity index is 1.69. The molecule has 2 aromatic heterocycles. The van der Waals surface area contributed by atoms with Gasteiger partial charge in [0.2, 0.25) is 0 Å². The van der Waals surface area contributed by atoms with E-state index in [9.17, 15) is 14.9 Å².